The minimum Gasteiger partial charge on any atom is -0.392 e. The minimum absolute atomic E-state index is 0.0507. The quantitative estimate of drug-likeness (QED) is 0.708. The van der Waals surface area contributed by atoms with Crippen molar-refractivity contribution in [1.29, 1.82) is 0 Å². The van der Waals surface area contributed by atoms with Crippen LogP contribution in [0.15, 0.2) is 24.3 Å². The van der Waals surface area contributed by atoms with Gasteiger partial charge in [0, 0.05) is 23.4 Å². The molecule has 0 saturated heterocycles. The topological polar surface area (TPSA) is 53.1 Å². The number of aliphatic hydroxyl groups is 1. The first kappa shape index (κ1) is 8.97. The van der Waals surface area contributed by atoms with Gasteiger partial charge >= 0.3 is 0 Å². The molecule has 72 valence electrons. The number of hydrogen-bond donors (Lipinski definition) is 2. The molecule has 2 N–H and O–H groups in total. The molecule has 0 aliphatic carbocycles. The average molecular weight is 189 g/mol. The van der Waals surface area contributed by atoms with Crippen molar-refractivity contribution < 1.29 is 9.90 Å². The maximum atomic E-state index is 11.3. The number of fused-ring (bicyclic) bond motifs is 1. The number of rotatable bonds is 2. The maximum absolute atomic E-state index is 11.3. The first-order chi connectivity index (χ1) is 6.74. The van der Waals surface area contributed by atoms with Crippen molar-refractivity contribution in [3.63, 3.8) is 0 Å². The summed E-state index contributed by atoms with van der Waals surface area (Å²) in [5.41, 5.74) is 2.09. The highest BCUT2D eigenvalue weighted by molar-refractivity contribution is 6.00. The summed E-state index contributed by atoms with van der Waals surface area (Å²) in [5, 5.41) is 10.1. The van der Waals surface area contributed by atoms with Crippen LogP contribution in [0.5, 0.6) is 0 Å². The van der Waals surface area contributed by atoms with Gasteiger partial charge in [0.1, 0.15) is 0 Å². The zero-order valence-corrected chi connectivity index (χ0v) is 7.87. The standard InChI is InChI=1S/C11H11NO2/c1-7(14)11-9(6-13)8-4-2-3-5-10(8)12-11/h2-5,12-13H,6H2,1H3. The van der Waals surface area contributed by atoms with Crippen LogP contribution in [0.25, 0.3) is 10.9 Å². The Bertz CT molecular complexity index is 485. The summed E-state index contributed by atoms with van der Waals surface area (Å²) in [6.45, 7) is 1.38. The Balaban J connectivity index is 2.78. The van der Waals surface area contributed by atoms with Gasteiger partial charge in [-0.25, -0.2) is 0 Å². The molecule has 0 amide bonds. The van der Waals surface area contributed by atoms with Crippen LogP contribution in [0.2, 0.25) is 0 Å². The van der Waals surface area contributed by atoms with Crippen LogP contribution >= 0.6 is 0 Å². The largest absolute Gasteiger partial charge is 0.392 e. The third-order valence-electron chi connectivity index (χ3n) is 2.32. The fourth-order valence-electron chi connectivity index (χ4n) is 1.66. The summed E-state index contributed by atoms with van der Waals surface area (Å²) >= 11 is 0. The molecule has 0 atom stereocenters. The van der Waals surface area contributed by atoms with E-state index in [4.69, 9.17) is 0 Å². The van der Waals surface area contributed by atoms with E-state index in [1.54, 1.807) is 0 Å². The number of nitrogens with one attached hydrogen (secondary N) is 1. The van der Waals surface area contributed by atoms with Crippen LogP contribution in [-0.4, -0.2) is 15.9 Å². The van der Waals surface area contributed by atoms with Gasteiger partial charge in [-0.05, 0) is 6.07 Å². The van der Waals surface area contributed by atoms with Gasteiger partial charge < -0.3 is 10.1 Å². The van der Waals surface area contributed by atoms with Gasteiger partial charge in [-0.2, -0.15) is 0 Å². The molecule has 0 bridgehead atoms. The summed E-state index contributed by atoms with van der Waals surface area (Å²) in [6, 6.07) is 7.56. The normalized spacial score (nSPS) is 10.7. The second-order valence-electron chi connectivity index (χ2n) is 3.24. The summed E-state index contributed by atoms with van der Waals surface area (Å²) in [5.74, 6) is -0.0507. The average Bonchev–Trinajstić information content (AvgIpc) is 2.56. The predicted molar refractivity (Wildman–Crippen MR) is 54.2 cm³/mol. The number of ketones is 1. The lowest BCUT2D eigenvalue weighted by atomic mass is 10.1. The van der Waals surface area contributed by atoms with Crippen LogP contribution in [0.4, 0.5) is 0 Å². The number of Topliss-reactive ketones (excluding diaryl/α,β-unsaturated/α-hetero) is 1. The van der Waals surface area contributed by atoms with Crippen LogP contribution < -0.4 is 0 Å². The fourth-order valence-corrected chi connectivity index (χ4v) is 1.66. The minimum atomic E-state index is -0.112. The fraction of sp³-hybridized carbons (Fsp3) is 0.182. The van der Waals surface area contributed by atoms with Crippen LogP contribution in [0.3, 0.4) is 0 Å². The van der Waals surface area contributed by atoms with Gasteiger partial charge in [-0.3, -0.25) is 4.79 Å². The summed E-state index contributed by atoms with van der Waals surface area (Å²) < 4.78 is 0. The van der Waals surface area contributed by atoms with Crippen molar-refractivity contribution in [3.05, 3.63) is 35.5 Å². The van der Waals surface area contributed by atoms with E-state index in [0.717, 1.165) is 10.9 Å². The number of hydrogen-bond acceptors (Lipinski definition) is 2. The van der Waals surface area contributed by atoms with Gasteiger partial charge in [0.2, 0.25) is 0 Å². The molecule has 0 aliphatic heterocycles. The maximum Gasteiger partial charge on any atom is 0.176 e. The molecule has 3 nitrogen and oxygen atoms in total. The number of benzene rings is 1. The van der Waals surface area contributed by atoms with Crippen LogP contribution in [0.1, 0.15) is 23.0 Å². The molecule has 1 aromatic carbocycles. The van der Waals surface area contributed by atoms with E-state index < -0.39 is 0 Å². The Morgan fingerprint density at radius 1 is 1.43 bits per heavy atom. The number of aromatic nitrogens is 1. The lowest BCUT2D eigenvalue weighted by Gasteiger charge is -1.95. The van der Waals surface area contributed by atoms with Gasteiger partial charge in [0.25, 0.3) is 0 Å². The highest BCUT2D eigenvalue weighted by Gasteiger charge is 2.12. The molecule has 0 saturated carbocycles. The molecule has 1 heterocycles. The molecule has 0 aliphatic rings. The van der Waals surface area contributed by atoms with E-state index in [0.29, 0.717) is 11.3 Å². The van der Waals surface area contributed by atoms with Crippen LogP contribution in [0, 0.1) is 0 Å². The first-order valence-electron chi connectivity index (χ1n) is 4.45. The van der Waals surface area contributed by atoms with Crippen molar-refractivity contribution in [2.75, 3.05) is 0 Å². The monoisotopic (exact) mass is 189 g/mol. The van der Waals surface area contributed by atoms with Crippen molar-refractivity contribution in [3.8, 4) is 0 Å². The summed E-state index contributed by atoms with van der Waals surface area (Å²) in [7, 11) is 0. The molecule has 0 unspecified atom stereocenters. The number of para-hydroxylation sites is 1. The molecule has 2 aromatic rings. The highest BCUT2D eigenvalue weighted by atomic mass is 16.3. The third kappa shape index (κ3) is 1.22. The number of carbonyl (C=O) groups excluding carboxylic acids is 1. The Morgan fingerprint density at radius 2 is 2.14 bits per heavy atom. The highest BCUT2D eigenvalue weighted by Crippen LogP contribution is 2.22. The Hall–Kier alpha value is -1.61. The number of H-pyrrole nitrogens is 1. The Labute approximate surface area is 81.4 Å². The number of aliphatic hydroxyl groups excluding tert-OH is 1. The van der Waals surface area contributed by atoms with Crippen molar-refractivity contribution in [2.45, 2.75) is 13.5 Å². The van der Waals surface area contributed by atoms with Gasteiger partial charge in [-0.1, -0.05) is 18.2 Å². The van der Waals surface area contributed by atoms with Gasteiger partial charge in [0.05, 0.1) is 12.3 Å². The van der Waals surface area contributed by atoms with Gasteiger partial charge in [0.15, 0.2) is 5.78 Å². The van der Waals surface area contributed by atoms with Crippen molar-refractivity contribution >= 4 is 16.7 Å². The van der Waals surface area contributed by atoms with E-state index >= 15 is 0 Å². The van der Waals surface area contributed by atoms with E-state index in [-0.39, 0.29) is 12.4 Å². The lowest BCUT2D eigenvalue weighted by Crippen LogP contribution is -1.97. The second kappa shape index (κ2) is 3.27. The Morgan fingerprint density at radius 3 is 2.79 bits per heavy atom. The third-order valence-corrected chi connectivity index (χ3v) is 2.32. The molecule has 14 heavy (non-hydrogen) atoms. The molecular formula is C11H11NO2. The molecule has 0 spiro atoms. The van der Waals surface area contributed by atoms with Gasteiger partial charge in [-0.15, -0.1) is 0 Å². The van der Waals surface area contributed by atoms with Crippen molar-refractivity contribution in [2.24, 2.45) is 0 Å². The molecule has 3 heteroatoms. The first-order valence-corrected chi connectivity index (χ1v) is 4.45. The zero-order valence-electron chi connectivity index (χ0n) is 7.87. The number of aromatic amines is 1. The lowest BCUT2D eigenvalue weighted by molar-refractivity contribution is 0.101. The van der Waals surface area contributed by atoms with E-state index in [1.807, 2.05) is 24.3 Å². The van der Waals surface area contributed by atoms with Crippen molar-refractivity contribution in [1.82, 2.24) is 4.98 Å². The van der Waals surface area contributed by atoms with Crippen LogP contribution in [-0.2, 0) is 6.61 Å². The molecule has 2 rings (SSSR count). The zero-order chi connectivity index (χ0) is 10.1. The summed E-state index contributed by atoms with van der Waals surface area (Å²) in [6.07, 6.45) is 0. The smallest absolute Gasteiger partial charge is 0.176 e. The molecule has 0 fully saturated rings. The second-order valence-corrected chi connectivity index (χ2v) is 3.24. The molecular weight excluding hydrogens is 178 g/mol. The van der Waals surface area contributed by atoms with E-state index in [2.05, 4.69) is 4.98 Å². The number of carbonyl (C=O) groups is 1. The van der Waals surface area contributed by atoms with E-state index in [9.17, 15) is 9.90 Å². The Kier molecular flexibility index (Phi) is 2.09. The molecule has 0 radical (unpaired) electrons. The predicted octanol–water partition coefficient (Wildman–Crippen LogP) is 1.86. The molecule has 1 aromatic heterocycles. The summed E-state index contributed by atoms with van der Waals surface area (Å²) in [4.78, 5) is 14.3. The van der Waals surface area contributed by atoms with E-state index in [1.165, 1.54) is 6.92 Å². The SMILES string of the molecule is CC(=O)c1[nH]c2ccccc2c1CO.